The fraction of sp³-hybridized carbons (Fsp3) is 0.190. The second-order valence-corrected chi connectivity index (χ2v) is 6.84. The van der Waals surface area contributed by atoms with Crippen LogP contribution in [-0.4, -0.2) is 33.4 Å². The molecule has 0 unspecified atom stereocenters. The number of thioether (sulfide) groups is 1. The van der Waals surface area contributed by atoms with Crippen LogP contribution in [0, 0.1) is 0 Å². The Morgan fingerprint density at radius 1 is 1.15 bits per heavy atom. The van der Waals surface area contributed by atoms with E-state index in [1.165, 1.54) is 17.3 Å². The van der Waals surface area contributed by atoms with Gasteiger partial charge in [0.05, 0.1) is 12.9 Å². The molecular weight excluding hydrogens is 358 g/mol. The molecule has 0 saturated carbocycles. The van der Waals surface area contributed by atoms with Gasteiger partial charge >= 0.3 is 0 Å². The average Bonchev–Trinajstić information content (AvgIpc) is 3.08. The van der Waals surface area contributed by atoms with Gasteiger partial charge in [-0.1, -0.05) is 48.2 Å². The highest BCUT2D eigenvalue weighted by Crippen LogP contribution is 2.21. The number of carbonyl (C=O) groups excluding carboxylic acids is 1. The van der Waals surface area contributed by atoms with Gasteiger partial charge in [-0.15, -0.1) is 16.8 Å². The Morgan fingerprint density at radius 2 is 1.89 bits per heavy atom. The van der Waals surface area contributed by atoms with E-state index in [1.807, 2.05) is 28.8 Å². The summed E-state index contributed by atoms with van der Waals surface area (Å²) in [6.07, 6.45) is 2.50. The maximum atomic E-state index is 12.4. The van der Waals surface area contributed by atoms with Crippen LogP contribution in [0.3, 0.4) is 0 Å². The monoisotopic (exact) mass is 379 g/mol. The largest absolute Gasteiger partial charge is 0.497 e. The number of hydrogen-bond acceptors (Lipinski definition) is 5. The minimum Gasteiger partial charge on any atom is -0.497 e. The number of nitrogens with zero attached hydrogens (tertiary/aromatic N) is 3. The summed E-state index contributed by atoms with van der Waals surface area (Å²) in [6, 6.07) is 17.3. The van der Waals surface area contributed by atoms with E-state index < -0.39 is 0 Å². The number of allylic oxidation sites excluding steroid dienone is 1. The minimum absolute atomic E-state index is 0.0421. The third-order valence-corrected chi connectivity index (χ3v) is 5.02. The SMILES string of the molecule is C=CCn1c(Cc2ccccc2)nnc1SCC(=O)c1ccc(OC)cc1. The van der Waals surface area contributed by atoms with Crippen molar-refractivity contribution in [1.29, 1.82) is 0 Å². The smallest absolute Gasteiger partial charge is 0.191 e. The van der Waals surface area contributed by atoms with Crippen LogP contribution >= 0.6 is 11.8 Å². The van der Waals surface area contributed by atoms with Crippen molar-refractivity contribution < 1.29 is 9.53 Å². The zero-order chi connectivity index (χ0) is 19.1. The molecule has 5 nitrogen and oxygen atoms in total. The summed E-state index contributed by atoms with van der Waals surface area (Å²) in [5.41, 5.74) is 1.82. The molecule has 0 fully saturated rings. The van der Waals surface area contributed by atoms with Gasteiger partial charge in [-0.25, -0.2) is 0 Å². The molecule has 0 radical (unpaired) electrons. The fourth-order valence-corrected chi connectivity index (χ4v) is 3.50. The number of methoxy groups -OCH3 is 1. The molecular formula is C21H21N3O2S. The normalized spacial score (nSPS) is 10.6. The quantitative estimate of drug-likeness (QED) is 0.319. The lowest BCUT2D eigenvalue weighted by Gasteiger charge is -2.08. The second-order valence-electron chi connectivity index (χ2n) is 5.90. The van der Waals surface area contributed by atoms with Gasteiger partial charge in [-0.05, 0) is 29.8 Å². The molecule has 0 spiro atoms. The van der Waals surface area contributed by atoms with Crippen LogP contribution in [-0.2, 0) is 13.0 Å². The van der Waals surface area contributed by atoms with Crippen LogP contribution in [0.25, 0.3) is 0 Å². The Hall–Kier alpha value is -2.86. The molecule has 0 aliphatic rings. The molecule has 0 aliphatic carbocycles. The highest BCUT2D eigenvalue weighted by molar-refractivity contribution is 7.99. The summed E-state index contributed by atoms with van der Waals surface area (Å²) in [6.45, 7) is 4.42. The number of aromatic nitrogens is 3. The molecule has 0 bridgehead atoms. The number of ether oxygens (including phenoxy) is 1. The second kappa shape index (κ2) is 9.19. The summed E-state index contributed by atoms with van der Waals surface area (Å²) < 4.78 is 7.13. The van der Waals surface area contributed by atoms with Crippen molar-refractivity contribution in [1.82, 2.24) is 14.8 Å². The van der Waals surface area contributed by atoms with E-state index in [2.05, 4.69) is 28.9 Å². The van der Waals surface area contributed by atoms with Gasteiger partial charge in [0.25, 0.3) is 0 Å². The molecule has 3 aromatic rings. The zero-order valence-corrected chi connectivity index (χ0v) is 16.0. The molecule has 0 atom stereocenters. The molecule has 0 aliphatic heterocycles. The number of carbonyl (C=O) groups is 1. The number of hydrogen-bond donors (Lipinski definition) is 0. The molecule has 138 valence electrons. The lowest BCUT2D eigenvalue weighted by molar-refractivity contribution is 0.102. The van der Waals surface area contributed by atoms with Crippen molar-refractivity contribution in [3.05, 3.63) is 84.2 Å². The van der Waals surface area contributed by atoms with Crippen molar-refractivity contribution in [3.8, 4) is 5.75 Å². The Bertz CT molecular complexity index is 905. The van der Waals surface area contributed by atoms with Gasteiger partial charge < -0.3 is 9.30 Å². The molecule has 2 aromatic carbocycles. The van der Waals surface area contributed by atoms with Crippen LogP contribution in [0.2, 0.25) is 0 Å². The highest BCUT2D eigenvalue weighted by Gasteiger charge is 2.14. The fourth-order valence-electron chi connectivity index (χ4n) is 2.64. The van der Waals surface area contributed by atoms with Crippen LogP contribution in [0.4, 0.5) is 0 Å². The van der Waals surface area contributed by atoms with Gasteiger partial charge in [0.2, 0.25) is 0 Å². The maximum absolute atomic E-state index is 12.4. The van der Waals surface area contributed by atoms with Crippen LogP contribution < -0.4 is 4.74 Å². The number of benzene rings is 2. The first-order valence-corrected chi connectivity index (χ1v) is 9.56. The van der Waals surface area contributed by atoms with Gasteiger partial charge in [0.1, 0.15) is 11.6 Å². The van der Waals surface area contributed by atoms with E-state index in [4.69, 9.17) is 4.74 Å². The van der Waals surface area contributed by atoms with Gasteiger partial charge in [0, 0.05) is 18.5 Å². The molecule has 0 N–H and O–H groups in total. The predicted octanol–water partition coefficient (Wildman–Crippen LogP) is 4.04. The van der Waals surface area contributed by atoms with Gasteiger partial charge in [-0.2, -0.15) is 0 Å². The third-order valence-electron chi connectivity index (χ3n) is 4.05. The number of ketones is 1. The Kier molecular flexibility index (Phi) is 6.44. The first-order valence-electron chi connectivity index (χ1n) is 8.58. The van der Waals surface area contributed by atoms with Gasteiger partial charge in [-0.3, -0.25) is 4.79 Å². The van der Waals surface area contributed by atoms with E-state index in [0.717, 1.165) is 16.7 Å². The van der Waals surface area contributed by atoms with Crippen LogP contribution in [0.5, 0.6) is 5.75 Å². The molecule has 1 aromatic heterocycles. The molecule has 0 amide bonds. The lowest BCUT2D eigenvalue weighted by Crippen LogP contribution is -2.07. The average molecular weight is 379 g/mol. The molecule has 1 heterocycles. The van der Waals surface area contributed by atoms with Crippen molar-refractivity contribution in [2.45, 2.75) is 18.1 Å². The summed E-state index contributed by atoms with van der Waals surface area (Å²) in [7, 11) is 1.60. The maximum Gasteiger partial charge on any atom is 0.191 e. The zero-order valence-electron chi connectivity index (χ0n) is 15.2. The summed E-state index contributed by atoms with van der Waals surface area (Å²) in [4.78, 5) is 12.4. The van der Waals surface area contributed by atoms with E-state index in [0.29, 0.717) is 24.3 Å². The van der Waals surface area contributed by atoms with E-state index in [-0.39, 0.29) is 5.78 Å². The van der Waals surface area contributed by atoms with Crippen LogP contribution in [0.1, 0.15) is 21.7 Å². The van der Waals surface area contributed by atoms with E-state index in [1.54, 1.807) is 31.4 Å². The summed E-state index contributed by atoms with van der Waals surface area (Å²) in [5.74, 6) is 1.93. The minimum atomic E-state index is 0.0421. The Balaban J connectivity index is 1.70. The topological polar surface area (TPSA) is 57.0 Å². The summed E-state index contributed by atoms with van der Waals surface area (Å²) >= 11 is 1.39. The van der Waals surface area contributed by atoms with E-state index >= 15 is 0 Å². The lowest BCUT2D eigenvalue weighted by atomic mass is 10.1. The van der Waals surface area contributed by atoms with Crippen molar-refractivity contribution in [3.63, 3.8) is 0 Å². The highest BCUT2D eigenvalue weighted by atomic mass is 32.2. The van der Waals surface area contributed by atoms with Crippen LogP contribution in [0.15, 0.2) is 72.4 Å². The number of rotatable bonds is 9. The molecule has 3 rings (SSSR count). The van der Waals surface area contributed by atoms with Gasteiger partial charge in [0.15, 0.2) is 10.9 Å². The first kappa shape index (κ1) is 18.9. The predicted molar refractivity (Wildman–Crippen MR) is 108 cm³/mol. The Morgan fingerprint density at radius 3 is 2.56 bits per heavy atom. The van der Waals surface area contributed by atoms with Crippen molar-refractivity contribution in [2.24, 2.45) is 0 Å². The first-order chi connectivity index (χ1) is 13.2. The molecule has 27 heavy (non-hydrogen) atoms. The Labute approximate surface area is 163 Å². The summed E-state index contributed by atoms with van der Waals surface area (Å²) in [5, 5.41) is 9.32. The number of Topliss-reactive ketones (excluding diaryl/α,β-unsaturated/α-hetero) is 1. The van der Waals surface area contributed by atoms with Crippen molar-refractivity contribution in [2.75, 3.05) is 12.9 Å². The van der Waals surface area contributed by atoms with Crippen molar-refractivity contribution >= 4 is 17.5 Å². The van der Waals surface area contributed by atoms with E-state index in [9.17, 15) is 4.79 Å². The molecule has 6 heteroatoms. The molecule has 0 saturated heterocycles. The third kappa shape index (κ3) is 4.86. The standard InChI is InChI=1S/C21H21N3O2S/c1-3-13-24-20(14-16-7-5-4-6-8-16)22-23-21(24)27-15-19(25)17-9-11-18(26-2)12-10-17/h3-12H,1,13-15H2,2H3.